The molecular formula is C20H23NO6S. The third-order valence-corrected chi connectivity index (χ3v) is 5.45. The van der Waals surface area contributed by atoms with Crippen LogP contribution in [0.2, 0.25) is 0 Å². The Morgan fingerprint density at radius 2 is 1.61 bits per heavy atom. The van der Waals surface area contributed by atoms with E-state index in [2.05, 4.69) is 4.72 Å². The van der Waals surface area contributed by atoms with E-state index in [0.29, 0.717) is 11.3 Å². The van der Waals surface area contributed by atoms with Crippen molar-refractivity contribution >= 4 is 21.8 Å². The maximum Gasteiger partial charge on any atom is 0.338 e. The lowest BCUT2D eigenvalue weighted by atomic mass is 10.1. The first-order valence-corrected chi connectivity index (χ1v) is 10.1. The van der Waals surface area contributed by atoms with Crippen molar-refractivity contribution in [3.05, 3.63) is 59.7 Å². The molecule has 0 amide bonds. The zero-order valence-electron chi connectivity index (χ0n) is 16.1. The fraction of sp³-hybridized carbons (Fsp3) is 0.300. The number of hydrogen-bond acceptors (Lipinski definition) is 6. The summed E-state index contributed by atoms with van der Waals surface area (Å²) in [7, 11) is -2.23. The first-order valence-electron chi connectivity index (χ1n) is 8.65. The van der Waals surface area contributed by atoms with Gasteiger partial charge in [-0.3, -0.25) is 4.79 Å². The molecule has 0 bridgehead atoms. The number of hydrogen-bond donors (Lipinski definition) is 1. The molecule has 0 unspecified atom stereocenters. The molecule has 1 N–H and O–H groups in total. The topological polar surface area (TPSA) is 98.8 Å². The molecule has 2 aromatic rings. The van der Waals surface area contributed by atoms with E-state index < -0.39 is 22.1 Å². The summed E-state index contributed by atoms with van der Waals surface area (Å²) >= 11 is 0. The second-order valence-electron chi connectivity index (χ2n) is 6.44. The van der Waals surface area contributed by atoms with Gasteiger partial charge >= 0.3 is 5.97 Å². The number of Topliss-reactive ketones (excluding diaryl/α,β-unsaturated/α-hetero) is 1. The Balaban J connectivity index is 2.13. The third-order valence-electron chi connectivity index (χ3n) is 3.80. The number of carbonyl (C=O) groups is 2. The molecule has 7 nitrogen and oxygen atoms in total. The van der Waals surface area contributed by atoms with Gasteiger partial charge < -0.3 is 9.47 Å². The van der Waals surface area contributed by atoms with E-state index in [9.17, 15) is 18.0 Å². The van der Waals surface area contributed by atoms with Gasteiger partial charge in [-0.05, 0) is 63.2 Å². The Kier molecular flexibility index (Phi) is 6.93. The van der Waals surface area contributed by atoms with Crippen LogP contribution < -0.4 is 9.46 Å². The van der Waals surface area contributed by atoms with Gasteiger partial charge in [0.1, 0.15) is 5.75 Å². The summed E-state index contributed by atoms with van der Waals surface area (Å²) in [6.07, 6.45) is -1.03. The van der Waals surface area contributed by atoms with Crippen LogP contribution in [0.4, 0.5) is 0 Å². The molecule has 0 saturated heterocycles. The van der Waals surface area contributed by atoms with Gasteiger partial charge in [-0.1, -0.05) is 6.07 Å². The van der Waals surface area contributed by atoms with Crippen LogP contribution >= 0.6 is 0 Å². The van der Waals surface area contributed by atoms with Crippen molar-refractivity contribution in [2.45, 2.75) is 37.8 Å². The molecule has 0 spiro atoms. The molecule has 0 aliphatic rings. The summed E-state index contributed by atoms with van der Waals surface area (Å²) in [5, 5.41) is 0. The number of carbonyl (C=O) groups excluding carboxylic acids is 2. The van der Waals surface area contributed by atoms with Crippen molar-refractivity contribution in [1.29, 1.82) is 0 Å². The Morgan fingerprint density at radius 3 is 2.18 bits per heavy atom. The Bertz CT molecular complexity index is 951. The minimum absolute atomic E-state index is 0.0426. The van der Waals surface area contributed by atoms with Crippen molar-refractivity contribution in [3.8, 4) is 5.75 Å². The molecule has 1 atom stereocenters. The molecule has 2 rings (SSSR count). The summed E-state index contributed by atoms with van der Waals surface area (Å²) in [5.74, 6) is -0.550. The van der Waals surface area contributed by atoms with Crippen molar-refractivity contribution in [2.75, 3.05) is 7.11 Å². The Morgan fingerprint density at radius 1 is 0.964 bits per heavy atom. The fourth-order valence-corrected chi connectivity index (χ4v) is 3.74. The molecule has 0 aliphatic carbocycles. The van der Waals surface area contributed by atoms with Crippen molar-refractivity contribution in [3.63, 3.8) is 0 Å². The second-order valence-corrected chi connectivity index (χ2v) is 8.16. The first-order chi connectivity index (χ1) is 13.1. The summed E-state index contributed by atoms with van der Waals surface area (Å²) in [4.78, 5) is 24.8. The predicted octanol–water partition coefficient (Wildman–Crippen LogP) is 2.81. The summed E-state index contributed by atoms with van der Waals surface area (Å²) < 4.78 is 37.2. The maximum absolute atomic E-state index is 12.4. The number of benzene rings is 2. The van der Waals surface area contributed by atoms with Crippen molar-refractivity contribution in [2.24, 2.45) is 0 Å². The van der Waals surface area contributed by atoms with E-state index in [-0.39, 0.29) is 22.3 Å². The number of ether oxygens (including phenoxy) is 2. The smallest absolute Gasteiger partial charge is 0.338 e. The molecule has 0 aliphatic heterocycles. The summed E-state index contributed by atoms with van der Waals surface area (Å²) in [6, 6.07) is 11.6. The lowest BCUT2D eigenvalue weighted by molar-refractivity contribution is 0.0318. The molecule has 0 saturated carbocycles. The van der Waals surface area contributed by atoms with Gasteiger partial charge in [-0.25, -0.2) is 17.9 Å². The molecule has 28 heavy (non-hydrogen) atoms. The highest BCUT2D eigenvalue weighted by Gasteiger charge is 2.22. The van der Waals surface area contributed by atoms with Crippen molar-refractivity contribution < 1.29 is 27.5 Å². The fourth-order valence-electron chi connectivity index (χ4n) is 2.44. The standard InChI is InChI=1S/C20H23NO6S/c1-13(2)21-28(24,25)18-7-5-6-16(12-18)20(23)27-14(3)19(22)15-8-10-17(26-4)11-9-15/h5-14,21H,1-4H3/t14-/m0/s1. The van der Waals surface area contributed by atoms with E-state index >= 15 is 0 Å². The molecule has 8 heteroatoms. The molecular weight excluding hydrogens is 382 g/mol. The van der Waals surface area contributed by atoms with Crippen LogP contribution in [0.15, 0.2) is 53.4 Å². The average molecular weight is 405 g/mol. The van der Waals surface area contributed by atoms with Gasteiger partial charge in [0.15, 0.2) is 6.10 Å². The number of esters is 1. The molecule has 150 valence electrons. The van der Waals surface area contributed by atoms with E-state index in [1.807, 2.05) is 0 Å². The number of ketones is 1. The zero-order valence-corrected chi connectivity index (χ0v) is 16.9. The van der Waals surface area contributed by atoms with Crippen LogP contribution in [-0.4, -0.2) is 39.4 Å². The van der Waals surface area contributed by atoms with Crippen LogP contribution in [0.25, 0.3) is 0 Å². The van der Waals surface area contributed by atoms with Crippen LogP contribution in [0.3, 0.4) is 0 Å². The Hall–Kier alpha value is -2.71. The van der Waals surface area contributed by atoms with Crippen LogP contribution in [0.1, 0.15) is 41.5 Å². The Labute approximate surface area is 164 Å². The quantitative estimate of drug-likeness (QED) is 0.536. The van der Waals surface area contributed by atoms with Crippen molar-refractivity contribution in [1.82, 2.24) is 4.72 Å². The number of rotatable bonds is 8. The molecule has 0 radical (unpaired) electrons. The van der Waals surface area contributed by atoms with Gasteiger partial charge in [0, 0.05) is 11.6 Å². The largest absolute Gasteiger partial charge is 0.497 e. The minimum atomic E-state index is -3.75. The van der Waals surface area contributed by atoms with Gasteiger partial charge in [-0.2, -0.15) is 0 Å². The van der Waals surface area contributed by atoms with Crippen LogP contribution in [-0.2, 0) is 14.8 Å². The molecule has 0 fully saturated rings. The highest BCUT2D eigenvalue weighted by Crippen LogP contribution is 2.16. The van der Waals surface area contributed by atoms with E-state index in [1.165, 1.54) is 38.3 Å². The number of sulfonamides is 1. The molecule has 0 aromatic heterocycles. The monoisotopic (exact) mass is 405 g/mol. The number of nitrogens with one attached hydrogen (secondary N) is 1. The second kappa shape index (κ2) is 8.99. The summed E-state index contributed by atoms with van der Waals surface area (Å²) in [6.45, 7) is 4.86. The lowest BCUT2D eigenvalue weighted by Gasteiger charge is -2.14. The highest BCUT2D eigenvalue weighted by atomic mass is 32.2. The zero-order chi connectivity index (χ0) is 20.9. The van der Waals surface area contributed by atoms with Crippen LogP contribution in [0, 0.1) is 0 Å². The lowest BCUT2D eigenvalue weighted by Crippen LogP contribution is -2.30. The van der Waals surface area contributed by atoms with Gasteiger partial charge in [-0.15, -0.1) is 0 Å². The van der Waals surface area contributed by atoms with Gasteiger partial charge in [0.05, 0.1) is 17.6 Å². The highest BCUT2D eigenvalue weighted by molar-refractivity contribution is 7.89. The van der Waals surface area contributed by atoms with E-state index in [4.69, 9.17) is 9.47 Å². The van der Waals surface area contributed by atoms with Gasteiger partial charge in [0.25, 0.3) is 0 Å². The third kappa shape index (κ3) is 5.40. The maximum atomic E-state index is 12.4. The predicted molar refractivity (Wildman–Crippen MR) is 104 cm³/mol. The summed E-state index contributed by atoms with van der Waals surface area (Å²) in [5.41, 5.74) is 0.416. The molecule has 0 heterocycles. The normalized spacial score (nSPS) is 12.5. The van der Waals surface area contributed by atoms with E-state index in [0.717, 1.165) is 0 Å². The van der Waals surface area contributed by atoms with E-state index in [1.54, 1.807) is 38.1 Å². The van der Waals surface area contributed by atoms with Gasteiger partial charge in [0.2, 0.25) is 15.8 Å². The number of methoxy groups -OCH3 is 1. The average Bonchev–Trinajstić information content (AvgIpc) is 2.66. The SMILES string of the molecule is COc1ccc(C(=O)[C@H](C)OC(=O)c2cccc(S(=O)(=O)NC(C)C)c2)cc1. The minimum Gasteiger partial charge on any atom is -0.497 e. The van der Waals surface area contributed by atoms with Crippen LogP contribution in [0.5, 0.6) is 5.75 Å². The molecule has 2 aromatic carbocycles. The first kappa shape index (κ1) is 21.6.